The Morgan fingerprint density at radius 3 is 2.26 bits per heavy atom. The molecular weight excluding hydrogens is 502 g/mol. The van der Waals surface area contributed by atoms with E-state index in [9.17, 15) is 9.59 Å². The van der Waals surface area contributed by atoms with Crippen molar-refractivity contribution in [2.24, 2.45) is 5.16 Å². The van der Waals surface area contributed by atoms with Crippen LogP contribution >= 0.6 is 11.3 Å². The molecule has 0 bridgehead atoms. The highest BCUT2D eigenvalue weighted by molar-refractivity contribution is 7.13. The molecule has 8 nitrogen and oxygen atoms in total. The molecule has 200 valence electrons. The molecule has 9 heteroatoms. The number of carbonyl (C=O) groups is 2. The van der Waals surface area contributed by atoms with Crippen molar-refractivity contribution in [3.8, 4) is 11.1 Å². The van der Waals surface area contributed by atoms with E-state index >= 15 is 0 Å². The lowest BCUT2D eigenvalue weighted by atomic mass is 9.98. The molecule has 0 amide bonds. The van der Waals surface area contributed by atoms with Crippen LogP contribution < -0.4 is 5.73 Å². The standard InChI is InChI=1S/C29H33N3O5S/c1-4-5-6-11-16-35-27(34)29(2,3)37-32-25(24-18-38-28(30)31-24)26(33)36-17-23-21-14-9-7-12-19(21)20-13-8-10-15-22(20)23/h7-10,12-15,18,23H,4-6,11,16-17H2,1-3H3,(H2,30,31)/b32-25-. The fourth-order valence-corrected chi connectivity index (χ4v) is 4.86. The smallest absolute Gasteiger partial charge is 0.362 e. The number of thiazole rings is 1. The van der Waals surface area contributed by atoms with E-state index in [1.54, 1.807) is 5.38 Å². The topological polar surface area (TPSA) is 113 Å². The summed E-state index contributed by atoms with van der Waals surface area (Å²) in [5, 5.41) is 5.89. The highest BCUT2D eigenvalue weighted by Crippen LogP contribution is 2.44. The minimum atomic E-state index is -1.42. The van der Waals surface area contributed by atoms with Gasteiger partial charge in [0, 0.05) is 11.3 Å². The number of anilines is 1. The number of nitrogens with zero attached hydrogens (tertiary/aromatic N) is 2. The summed E-state index contributed by atoms with van der Waals surface area (Å²) in [7, 11) is 0. The Balaban J connectivity index is 1.47. The molecule has 2 aromatic carbocycles. The van der Waals surface area contributed by atoms with Crippen molar-refractivity contribution in [2.45, 2.75) is 58.0 Å². The number of esters is 2. The molecule has 0 aliphatic heterocycles. The number of nitrogen functional groups attached to an aromatic ring is 1. The fourth-order valence-electron chi connectivity index (χ4n) is 4.32. The summed E-state index contributed by atoms with van der Waals surface area (Å²) in [4.78, 5) is 35.6. The second kappa shape index (κ2) is 12.2. The highest BCUT2D eigenvalue weighted by atomic mass is 32.1. The molecule has 0 fully saturated rings. The van der Waals surface area contributed by atoms with Gasteiger partial charge < -0.3 is 20.0 Å². The van der Waals surface area contributed by atoms with Gasteiger partial charge in [-0.05, 0) is 42.5 Å². The maximum absolute atomic E-state index is 13.3. The number of aromatic nitrogens is 1. The van der Waals surface area contributed by atoms with Crippen LogP contribution in [0.25, 0.3) is 11.1 Å². The third kappa shape index (κ3) is 6.22. The monoisotopic (exact) mass is 535 g/mol. The van der Waals surface area contributed by atoms with Gasteiger partial charge >= 0.3 is 11.9 Å². The van der Waals surface area contributed by atoms with Crippen LogP contribution in [-0.2, 0) is 23.9 Å². The Morgan fingerprint density at radius 2 is 1.66 bits per heavy atom. The van der Waals surface area contributed by atoms with E-state index in [1.807, 2.05) is 36.4 Å². The summed E-state index contributed by atoms with van der Waals surface area (Å²) in [5.74, 6) is -1.41. The van der Waals surface area contributed by atoms with Crippen LogP contribution in [0.15, 0.2) is 59.1 Å². The summed E-state index contributed by atoms with van der Waals surface area (Å²) in [5.41, 5.74) is 8.88. The van der Waals surface area contributed by atoms with Crippen LogP contribution in [0.3, 0.4) is 0 Å². The number of benzene rings is 2. The van der Waals surface area contributed by atoms with E-state index in [-0.39, 0.29) is 29.1 Å². The average molecular weight is 536 g/mol. The van der Waals surface area contributed by atoms with Gasteiger partial charge in [0.1, 0.15) is 12.3 Å². The van der Waals surface area contributed by atoms with Crippen LogP contribution in [0.2, 0.25) is 0 Å². The van der Waals surface area contributed by atoms with Gasteiger partial charge in [-0.15, -0.1) is 11.3 Å². The molecule has 1 aromatic heterocycles. The summed E-state index contributed by atoms with van der Waals surface area (Å²) >= 11 is 1.16. The van der Waals surface area contributed by atoms with E-state index < -0.39 is 17.5 Å². The molecular formula is C29H33N3O5S. The van der Waals surface area contributed by atoms with Crippen molar-refractivity contribution in [2.75, 3.05) is 18.9 Å². The number of hydrogen-bond acceptors (Lipinski definition) is 9. The summed E-state index contributed by atoms with van der Waals surface area (Å²) < 4.78 is 11.1. The van der Waals surface area contributed by atoms with E-state index in [4.69, 9.17) is 20.0 Å². The number of rotatable bonds is 12. The first kappa shape index (κ1) is 27.3. The molecule has 0 saturated carbocycles. The molecule has 0 unspecified atom stereocenters. The van der Waals surface area contributed by atoms with Crippen LogP contribution in [-0.4, -0.2) is 41.4 Å². The summed E-state index contributed by atoms with van der Waals surface area (Å²) in [6, 6.07) is 16.2. The first-order chi connectivity index (χ1) is 18.3. The van der Waals surface area contributed by atoms with Crippen LogP contribution in [0.4, 0.5) is 5.13 Å². The number of fused-ring (bicyclic) bond motifs is 3. The van der Waals surface area contributed by atoms with Gasteiger partial charge in [0.15, 0.2) is 5.13 Å². The van der Waals surface area contributed by atoms with Gasteiger partial charge in [0.25, 0.3) is 0 Å². The van der Waals surface area contributed by atoms with Crippen LogP contribution in [0, 0.1) is 0 Å². The number of unbranched alkanes of at least 4 members (excludes halogenated alkanes) is 3. The average Bonchev–Trinajstić information content (AvgIpc) is 3.48. The summed E-state index contributed by atoms with van der Waals surface area (Å²) in [6.07, 6.45) is 3.95. The minimum absolute atomic E-state index is 0.106. The quantitative estimate of drug-likeness (QED) is 0.137. The van der Waals surface area contributed by atoms with Gasteiger partial charge in [-0.1, -0.05) is 79.9 Å². The molecule has 1 heterocycles. The van der Waals surface area contributed by atoms with Gasteiger partial charge in [0.05, 0.1) is 6.61 Å². The van der Waals surface area contributed by atoms with E-state index in [1.165, 1.54) is 13.8 Å². The normalized spacial score (nSPS) is 13.1. The van der Waals surface area contributed by atoms with Gasteiger partial charge in [0.2, 0.25) is 11.3 Å². The zero-order valence-electron chi connectivity index (χ0n) is 21.9. The molecule has 1 aliphatic carbocycles. The number of carbonyl (C=O) groups excluding carboxylic acids is 2. The largest absolute Gasteiger partial charge is 0.463 e. The van der Waals surface area contributed by atoms with Crippen molar-refractivity contribution >= 4 is 34.1 Å². The molecule has 1 aliphatic rings. The zero-order valence-corrected chi connectivity index (χ0v) is 22.8. The maximum Gasteiger partial charge on any atom is 0.362 e. The second-order valence-electron chi connectivity index (χ2n) is 9.63. The van der Waals surface area contributed by atoms with E-state index in [2.05, 4.69) is 29.2 Å². The van der Waals surface area contributed by atoms with Crippen molar-refractivity contribution in [1.29, 1.82) is 0 Å². The lowest BCUT2D eigenvalue weighted by Gasteiger charge is -2.21. The first-order valence-electron chi connectivity index (χ1n) is 12.8. The molecule has 0 saturated heterocycles. The molecule has 4 rings (SSSR count). The Morgan fingerprint density at radius 1 is 1.00 bits per heavy atom. The van der Waals surface area contributed by atoms with Crippen LogP contribution in [0.5, 0.6) is 0 Å². The molecule has 38 heavy (non-hydrogen) atoms. The first-order valence-corrected chi connectivity index (χ1v) is 13.7. The van der Waals surface area contributed by atoms with Crippen molar-refractivity contribution in [1.82, 2.24) is 4.98 Å². The predicted octanol–water partition coefficient (Wildman–Crippen LogP) is 5.70. The minimum Gasteiger partial charge on any atom is -0.463 e. The fraction of sp³-hybridized carbons (Fsp3) is 0.379. The molecule has 0 radical (unpaired) electrons. The van der Waals surface area contributed by atoms with Crippen molar-refractivity contribution in [3.05, 3.63) is 70.7 Å². The molecule has 2 N–H and O–H groups in total. The predicted molar refractivity (Wildman–Crippen MR) is 148 cm³/mol. The Bertz CT molecular complexity index is 1270. The summed E-state index contributed by atoms with van der Waals surface area (Å²) in [6.45, 7) is 5.60. The van der Waals surface area contributed by atoms with Gasteiger partial charge in [-0.25, -0.2) is 14.6 Å². The Hall–Kier alpha value is -3.72. The number of nitrogens with two attached hydrogens (primary N) is 1. The van der Waals surface area contributed by atoms with E-state index in [0.717, 1.165) is 59.3 Å². The van der Waals surface area contributed by atoms with Crippen molar-refractivity contribution in [3.63, 3.8) is 0 Å². The lowest BCUT2D eigenvalue weighted by molar-refractivity contribution is -0.168. The third-order valence-corrected chi connectivity index (χ3v) is 7.06. The second-order valence-corrected chi connectivity index (χ2v) is 10.5. The Kier molecular flexibility index (Phi) is 8.78. The number of hydrogen-bond donors (Lipinski definition) is 1. The SMILES string of the molecule is CCCCCCOC(=O)C(C)(C)O/N=C(\C(=O)OCC1c2ccccc2-c2ccccc21)c1csc(N)n1. The molecule has 0 spiro atoms. The number of oxime groups is 1. The lowest BCUT2D eigenvalue weighted by Crippen LogP contribution is -2.36. The van der Waals surface area contributed by atoms with E-state index in [0.29, 0.717) is 6.61 Å². The molecule has 3 aromatic rings. The molecule has 0 atom stereocenters. The van der Waals surface area contributed by atoms with Gasteiger partial charge in [-0.2, -0.15) is 0 Å². The maximum atomic E-state index is 13.3. The van der Waals surface area contributed by atoms with Crippen LogP contribution in [0.1, 0.15) is 69.2 Å². The van der Waals surface area contributed by atoms with Crippen molar-refractivity contribution < 1.29 is 23.9 Å². The Labute approximate surface area is 226 Å². The third-order valence-electron chi connectivity index (χ3n) is 6.39. The zero-order chi connectivity index (χ0) is 27.1. The number of ether oxygens (including phenoxy) is 2. The van der Waals surface area contributed by atoms with Gasteiger partial charge in [-0.3, -0.25) is 0 Å². The highest BCUT2D eigenvalue weighted by Gasteiger charge is 2.34.